The Balaban J connectivity index is 1.16. The predicted molar refractivity (Wildman–Crippen MR) is 263 cm³/mol. The van der Waals surface area contributed by atoms with Crippen molar-refractivity contribution in [2.45, 2.75) is 5.41 Å². The zero-order valence-corrected chi connectivity index (χ0v) is 34.7. The van der Waals surface area contributed by atoms with E-state index in [4.69, 9.17) is 14.4 Å². The molecule has 1 aliphatic rings. The summed E-state index contributed by atoms with van der Waals surface area (Å²) in [5.41, 5.74) is 15.3. The molecule has 3 nitrogen and oxygen atoms in total. The van der Waals surface area contributed by atoms with Gasteiger partial charge in [-0.3, -0.25) is 0 Å². The molecule has 10 aromatic carbocycles. The van der Waals surface area contributed by atoms with E-state index in [1.165, 1.54) is 54.9 Å². The highest BCUT2D eigenvalue weighted by molar-refractivity contribution is 6.26. The molecule has 298 valence electrons. The average molecular weight is 815 g/mol. The van der Waals surface area contributed by atoms with Gasteiger partial charge in [-0.25, -0.2) is 9.97 Å². The molecule has 0 bridgehead atoms. The second kappa shape index (κ2) is 14.3. The summed E-state index contributed by atoms with van der Waals surface area (Å²) in [7, 11) is 0. The molecule has 13 rings (SSSR count). The van der Waals surface area contributed by atoms with E-state index in [9.17, 15) is 0 Å². The Morgan fingerprint density at radius 1 is 0.359 bits per heavy atom. The van der Waals surface area contributed by atoms with Gasteiger partial charge in [-0.15, -0.1) is 0 Å². The van der Waals surface area contributed by atoms with E-state index < -0.39 is 5.41 Å². The number of rotatable bonds is 6. The molecule has 0 amide bonds. The SMILES string of the molecule is c1ccc(-c2cc(-c3ccccc3)nc(-c3cccc(-c4cc5c(c6c4oc4ccccc46)-c4c(c6ccccc6c6ccccc46)C5(c4ccccc4)c4ccccc4)c3)n2)cc1. The Bertz CT molecular complexity index is 3670. The lowest BCUT2D eigenvalue weighted by atomic mass is 9.66. The Hall–Kier alpha value is -8.40. The maximum absolute atomic E-state index is 7.13. The quantitative estimate of drug-likeness (QED) is 0.157. The van der Waals surface area contributed by atoms with Crippen LogP contribution >= 0.6 is 0 Å². The van der Waals surface area contributed by atoms with Crippen molar-refractivity contribution in [2.75, 3.05) is 0 Å². The van der Waals surface area contributed by atoms with Crippen LogP contribution in [-0.4, -0.2) is 9.97 Å². The number of hydrogen-bond acceptors (Lipinski definition) is 3. The first-order chi connectivity index (χ1) is 31.8. The van der Waals surface area contributed by atoms with Crippen LogP contribution in [0, 0.1) is 0 Å². The number of hydrogen-bond donors (Lipinski definition) is 0. The lowest BCUT2D eigenvalue weighted by Gasteiger charge is -2.35. The highest BCUT2D eigenvalue weighted by atomic mass is 16.3. The van der Waals surface area contributed by atoms with Crippen LogP contribution in [0.15, 0.2) is 235 Å². The van der Waals surface area contributed by atoms with Crippen LogP contribution in [0.3, 0.4) is 0 Å². The summed E-state index contributed by atoms with van der Waals surface area (Å²) >= 11 is 0. The van der Waals surface area contributed by atoms with E-state index in [-0.39, 0.29) is 0 Å². The lowest BCUT2D eigenvalue weighted by Crippen LogP contribution is -2.29. The topological polar surface area (TPSA) is 38.9 Å². The smallest absolute Gasteiger partial charge is 0.160 e. The largest absolute Gasteiger partial charge is 0.455 e. The fraction of sp³-hybridized carbons (Fsp3) is 0.0164. The van der Waals surface area contributed by atoms with Crippen molar-refractivity contribution in [3.8, 4) is 56.2 Å². The standard InChI is InChI=1S/C61H38N2O/c1-5-20-39(21-6-1)52-38-53(40-22-7-2-8-23-40)63-60(62-52)42-25-19-24-41(36-42)50-37-51-57(56-49-34-17-18-35-54(49)64-59(50)56)55-47-32-15-13-30-45(47)46-31-14-16-33-48(46)58(55)61(51,43-26-9-3-10-27-43)44-28-11-4-12-29-44/h1-38H. The predicted octanol–water partition coefficient (Wildman–Crippen LogP) is 15.7. The monoisotopic (exact) mass is 814 g/mol. The fourth-order valence-electron chi connectivity index (χ4n) is 10.7. The van der Waals surface area contributed by atoms with E-state index in [1.54, 1.807) is 0 Å². The summed E-state index contributed by atoms with van der Waals surface area (Å²) in [5.74, 6) is 0.664. The van der Waals surface area contributed by atoms with E-state index in [1.807, 2.05) is 12.1 Å². The van der Waals surface area contributed by atoms with Gasteiger partial charge in [0.2, 0.25) is 0 Å². The van der Waals surface area contributed by atoms with Crippen molar-refractivity contribution in [2.24, 2.45) is 0 Å². The van der Waals surface area contributed by atoms with Gasteiger partial charge in [0.15, 0.2) is 5.82 Å². The van der Waals surface area contributed by atoms with Gasteiger partial charge in [-0.2, -0.15) is 0 Å². The molecule has 0 aliphatic heterocycles. The molecule has 1 aliphatic carbocycles. The minimum atomic E-state index is -0.687. The zero-order valence-electron chi connectivity index (χ0n) is 34.7. The summed E-state index contributed by atoms with van der Waals surface area (Å²) < 4.78 is 7.13. The first-order valence-corrected chi connectivity index (χ1v) is 21.9. The summed E-state index contributed by atoms with van der Waals surface area (Å²) in [6.07, 6.45) is 0. The molecule has 12 aromatic rings. The zero-order chi connectivity index (χ0) is 42.2. The molecule has 64 heavy (non-hydrogen) atoms. The van der Waals surface area contributed by atoms with Crippen molar-refractivity contribution < 1.29 is 4.42 Å². The molecule has 0 radical (unpaired) electrons. The van der Waals surface area contributed by atoms with Crippen molar-refractivity contribution in [1.82, 2.24) is 9.97 Å². The molecule has 0 saturated carbocycles. The summed E-state index contributed by atoms with van der Waals surface area (Å²) in [6.45, 7) is 0. The molecular formula is C61H38N2O. The van der Waals surface area contributed by atoms with Crippen LogP contribution < -0.4 is 0 Å². The Morgan fingerprint density at radius 2 is 0.844 bits per heavy atom. The molecule has 2 heterocycles. The molecule has 0 spiro atoms. The summed E-state index contributed by atoms with van der Waals surface area (Å²) in [4.78, 5) is 10.5. The van der Waals surface area contributed by atoms with Gasteiger partial charge in [0.25, 0.3) is 0 Å². The van der Waals surface area contributed by atoms with Crippen molar-refractivity contribution in [3.05, 3.63) is 253 Å². The Kier molecular flexibility index (Phi) is 8.13. The maximum atomic E-state index is 7.13. The number of fused-ring (bicyclic) bond motifs is 12. The van der Waals surface area contributed by atoms with E-state index >= 15 is 0 Å². The van der Waals surface area contributed by atoms with Crippen LogP contribution in [0.2, 0.25) is 0 Å². The molecule has 0 fully saturated rings. The van der Waals surface area contributed by atoms with Crippen molar-refractivity contribution in [1.29, 1.82) is 0 Å². The van der Waals surface area contributed by atoms with Gasteiger partial charge in [0.1, 0.15) is 11.2 Å². The van der Waals surface area contributed by atoms with Crippen LogP contribution in [0.5, 0.6) is 0 Å². The van der Waals surface area contributed by atoms with Crippen molar-refractivity contribution in [3.63, 3.8) is 0 Å². The van der Waals surface area contributed by atoms with Crippen molar-refractivity contribution >= 4 is 43.5 Å². The van der Waals surface area contributed by atoms with Gasteiger partial charge >= 0.3 is 0 Å². The third-order valence-corrected chi connectivity index (χ3v) is 13.3. The maximum Gasteiger partial charge on any atom is 0.160 e. The van der Waals surface area contributed by atoms with Gasteiger partial charge in [0.05, 0.1) is 16.8 Å². The number of furan rings is 1. The van der Waals surface area contributed by atoms with Gasteiger partial charge in [-0.05, 0) is 84.8 Å². The second-order valence-corrected chi connectivity index (χ2v) is 16.7. The number of nitrogens with zero attached hydrogens (tertiary/aromatic N) is 2. The fourth-order valence-corrected chi connectivity index (χ4v) is 10.7. The summed E-state index contributed by atoms with van der Waals surface area (Å²) in [5, 5.41) is 7.18. The lowest BCUT2D eigenvalue weighted by molar-refractivity contribution is 0.669. The number of benzene rings is 10. The molecule has 2 aromatic heterocycles. The van der Waals surface area contributed by atoms with Gasteiger partial charge in [-0.1, -0.05) is 206 Å². The van der Waals surface area contributed by atoms with Crippen LogP contribution in [0.1, 0.15) is 22.3 Å². The molecule has 0 saturated heterocycles. The van der Waals surface area contributed by atoms with Gasteiger partial charge < -0.3 is 4.42 Å². The first-order valence-electron chi connectivity index (χ1n) is 21.9. The minimum absolute atomic E-state index is 0.664. The second-order valence-electron chi connectivity index (χ2n) is 16.7. The van der Waals surface area contributed by atoms with Crippen LogP contribution in [0.25, 0.3) is 99.6 Å². The number of aromatic nitrogens is 2. The normalized spacial score (nSPS) is 12.8. The third kappa shape index (κ3) is 5.34. The molecule has 0 unspecified atom stereocenters. The Morgan fingerprint density at radius 3 is 1.47 bits per heavy atom. The van der Waals surface area contributed by atoms with E-state index in [0.717, 1.165) is 61.1 Å². The van der Waals surface area contributed by atoms with Crippen LogP contribution in [-0.2, 0) is 5.41 Å². The third-order valence-electron chi connectivity index (χ3n) is 13.3. The average Bonchev–Trinajstić information content (AvgIpc) is 3.92. The van der Waals surface area contributed by atoms with Crippen LogP contribution in [0.4, 0.5) is 0 Å². The molecule has 0 atom stereocenters. The van der Waals surface area contributed by atoms with E-state index in [0.29, 0.717) is 5.82 Å². The minimum Gasteiger partial charge on any atom is -0.455 e. The first kappa shape index (κ1) is 36.3. The number of para-hydroxylation sites is 1. The molecule has 0 N–H and O–H groups in total. The Labute approximate surface area is 370 Å². The highest BCUT2D eigenvalue weighted by Gasteiger charge is 2.49. The van der Waals surface area contributed by atoms with E-state index in [2.05, 4.69) is 218 Å². The van der Waals surface area contributed by atoms with Gasteiger partial charge in [0, 0.05) is 33.0 Å². The summed E-state index contributed by atoms with van der Waals surface area (Å²) in [6, 6.07) is 82.7. The molecule has 3 heteroatoms. The highest BCUT2D eigenvalue weighted by Crippen LogP contribution is 2.63. The molecular weight excluding hydrogens is 777 g/mol.